The van der Waals surface area contributed by atoms with Crippen LogP contribution < -0.4 is 5.32 Å². The standard InChI is InChI=1S/C13H22N2O/c1-10-11(8-14-2)7-13(16-10)9-15(3)12-5-4-6-12/h7,12,14H,4-6,8-9H2,1-3H3. The van der Waals surface area contributed by atoms with Crippen LogP contribution in [0.3, 0.4) is 0 Å². The van der Waals surface area contributed by atoms with Gasteiger partial charge in [-0.15, -0.1) is 0 Å². The summed E-state index contributed by atoms with van der Waals surface area (Å²) in [4.78, 5) is 2.41. The van der Waals surface area contributed by atoms with Crippen LogP contribution in [0.4, 0.5) is 0 Å². The van der Waals surface area contributed by atoms with E-state index in [2.05, 4.69) is 23.3 Å². The molecule has 0 radical (unpaired) electrons. The molecule has 0 amide bonds. The first kappa shape index (κ1) is 11.7. The van der Waals surface area contributed by atoms with Crippen LogP contribution >= 0.6 is 0 Å². The first-order valence-electron chi connectivity index (χ1n) is 6.13. The minimum atomic E-state index is 0.776. The molecule has 0 atom stereocenters. The van der Waals surface area contributed by atoms with Crippen LogP contribution in [0.2, 0.25) is 0 Å². The molecule has 3 heteroatoms. The van der Waals surface area contributed by atoms with E-state index in [0.717, 1.165) is 30.7 Å². The molecule has 2 rings (SSSR count). The molecule has 3 nitrogen and oxygen atoms in total. The van der Waals surface area contributed by atoms with E-state index in [0.29, 0.717) is 0 Å². The summed E-state index contributed by atoms with van der Waals surface area (Å²) in [5.74, 6) is 2.14. The van der Waals surface area contributed by atoms with Gasteiger partial charge in [-0.3, -0.25) is 4.90 Å². The van der Waals surface area contributed by atoms with Gasteiger partial charge in [0.15, 0.2) is 0 Å². The van der Waals surface area contributed by atoms with Crippen molar-refractivity contribution in [3.8, 4) is 0 Å². The molecular weight excluding hydrogens is 200 g/mol. The second-order valence-electron chi connectivity index (χ2n) is 4.82. The van der Waals surface area contributed by atoms with Crippen molar-refractivity contribution in [3.63, 3.8) is 0 Å². The third-order valence-electron chi connectivity index (χ3n) is 3.54. The van der Waals surface area contributed by atoms with Gasteiger partial charge in [0.2, 0.25) is 0 Å². The van der Waals surface area contributed by atoms with E-state index in [-0.39, 0.29) is 0 Å². The van der Waals surface area contributed by atoms with Crippen LogP contribution in [-0.2, 0) is 13.1 Å². The van der Waals surface area contributed by atoms with Crippen molar-refractivity contribution in [2.24, 2.45) is 0 Å². The maximum atomic E-state index is 5.77. The van der Waals surface area contributed by atoms with Crippen molar-refractivity contribution in [1.82, 2.24) is 10.2 Å². The lowest BCUT2D eigenvalue weighted by atomic mass is 9.92. The van der Waals surface area contributed by atoms with Crippen LogP contribution in [0, 0.1) is 6.92 Å². The van der Waals surface area contributed by atoms with Crippen molar-refractivity contribution < 1.29 is 4.42 Å². The minimum absolute atomic E-state index is 0.776. The molecule has 0 bridgehead atoms. The maximum Gasteiger partial charge on any atom is 0.118 e. The zero-order chi connectivity index (χ0) is 11.5. The summed E-state index contributed by atoms with van der Waals surface area (Å²) in [5, 5.41) is 3.16. The Balaban J connectivity index is 1.95. The van der Waals surface area contributed by atoms with Gasteiger partial charge in [0, 0.05) is 18.2 Å². The quantitative estimate of drug-likeness (QED) is 0.828. The van der Waals surface area contributed by atoms with Crippen molar-refractivity contribution in [2.75, 3.05) is 14.1 Å². The van der Waals surface area contributed by atoms with Gasteiger partial charge in [-0.2, -0.15) is 0 Å². The van der Waals surface area contributed by atoms with Gasteiger partial charge in [-0.25, -0.2) is 0 Å². The lowest BCUT2D eigenvalue weighted by Crippen LogP contribution is -2.36. The first-order chi connectivity index (χ1) is 7.70. The molecule has 0 unspecified atom stereocenters. The average Bonchev–Trinajstić information content (AvgIpc) is 2.44. The molecule has 1 aliphatic rings. The van der Waals surface area contributed by atoms with E-state index in [1.165, 1.54) is 24.8 Å². The highest BCUT2D eigenvalue weighted by atomic mass is 16.3. The molecule has 0 aromatic carbocycles. The van der Waals surface area contributed by atoms with Crippen molar-refractivity contribution in [1.29, 1.82) is 0 Å². The molecule has 1 fully saturated rings. The Morgan fingerprint density at radius 2 is 2.25 bits per heavy atom. The number of rotatable bonds is 5. The van der Waals surface area contributed by atoms with E-state index in [4.69, 9.17) is 4.42 Å². The number of aryl methyl sites for hydroxylation is 1. The van der Waals surface area contributed by atoms with Gasteiger partial charge >= 0.3 is 0 Å². The number of hydrogen-bond acceptors (Lipinski definition) is 3. The van der Waals surface area contributed by atoms with Crippen LogP contribution in [0.5, 0.6) is 0 Å². The third-order valence-corrected chi connectivity index (χ3v) is 3.54. The SMILES string of the molecule is CNCc1cc(CN(C)C2CCC2)oc1C. The van der Waals surface area contributed by atoms with Gasteiger partial charge in [-0.1, -0.05) is 6.42 Å². The molecule has 0 spiro atoms. The molecule has 1 saturated carbocycles. The monoisotopic (exact) mass is 222 g/mol. The summed E-state index contributed by atoms with van der Waals surface area (Å²) in [6.45, 7) is 3.87. The first-order valence-corrected chi connectivity index (χ1v) is 6.13. The fourth-order valence-electron chi connectivity index (χ4n) is 2.23. The molecule has 90 valence electrons. The Morgan fingerprint density at radius 1 is 1.50 bits per heavy atom. The van der Waals surface area contributed by atoms with E-state index in [9.17, 15) is 0 Å². The number of nitrogens with one attached hydrogen (secondary N) is 1. The second kappa shape index (κ2) is 5.02. The summed E-state index contributed by atoms with van der Waals surface area (Å²) in [6.07, 6.45) is 4.08. The fraction of sp³-hybridized carbons (Fsp3) is 0.692. The molecule has 16 heavy (non-hydrogen) atoms. The van der Waals surface area contributed by atoms with Crippen LogP contribution in [0.1, 0.15) is 36.3 Å². The molecule has 1 N–H and O–H groups in total. The van der Waals surface area contributed by atoms with Gasteiger partial charge in [-0.05, 0) is 39.9 Å². The smallest absolute Gasteiger partial charge is 0.118 e. The number of hydrogen-bond donors (Lipinski definition) is 1. The molecule has 1 aromatic heterocycles. The molecule has 1 heterocycles. The Kier molecular flexibility index (Phi) is 3.66. The Hall–Kier alpha value is -0.800. The Bertz CT molecular complexity index is 342. The van der Waals surface area contributed by atoms with Gasteiger partial charge in [0.25, 0.3) is 0 Å². The predicted molar refractivity (Wildman–Crippen MR) is 65.3 cm³/mol. The molecule has 1 aliphatic carbocycles. The zero-order valence-electron chi connectivity index (χ0n) is 10.5. The van der Waals surface area contributed by atoms with E-state index in [1.807, 2.05) is 14.0 Å². The maximum absolute atomic E-state index is 5.77. The lowest BCUT2D eigenvalue weighted by molar-refractivity contribution is 0.142. The van der Waals surface area contributed by atoms with E-state index in [1.54, 1.807) is 0 Å². The van der Waals surface area contributed by atoms with Gasteiger partial charge in [0.05, 0.1) is 6.54 Å². The number of nitrogens with zero attached hydrogens (tertiary/aromatic N) is 1. The lowest BCUT2D eigenvalue weighted by Gasteiger charge is -2.34. The van der Waals surface area contributed by atoms with Gasteiger partial charge in [0.1, 0.15) is 11.5 Å². The van der Waals surface area contributed by atoms with Crippen molar-refractivity contribution in [3.05, 3.63) is 23.2 Å². The molecule has 0 aliphatic heterocycles. The minimum Gasteiger partial charge on any atom is -0.465 e. The van der Waals surface area contributed by atoms with Crippen LogP contribution in [0.15, 0.2) is 10.5 Å². The highest BCUT2D eigenvalue weighted by Gasteiger charge is 2.22. The molecular formula is C13H22N2O. The third kappa shape index (κ3) is 2.47. The summed E-state index contributed by atoms with van der Waals surface area (Å²) < 4.78 is 5.77. The zero-order valence-corrected chi connectivity index (χ0v) is 10.5. The van der Waals surface area contributed by atoms with E-state index < -0.39 is 0 Å². The number of furan rings is 1. The highest BCUT2D eigenvalue weighted by molar-refractivity contribution is 5.20. The Morgan fingerprint density at radius 3 is 2.81 bits per heavy atom. The molecule has 1 aromatic rings. The summed E-state index contributed by atoms with van der Waals surface area (Å²) >= 11 is 0. The van der Waals surface area contributed by atoms with Crippen molar-refractivity contribution in [2.45, 2.75) is 45.3 Å². The van der Waals surface area contributed by atoms with Crippen molar-refractivity contribution >= 4 is 0 Å². The summed E-state index contributed by atoms with van der Waals surface area (Å²) in [6, 6.07) is 2.96. The normalized spacial score (nSPS) is 16.8. The summed E-state index contributed by atoms with van der Waals surface area (Å²) in [5.41, 5.74) is 1.28. The fourth-order valence-corrected chi connectivity index (χ4v) is 2.23. The highest BCUT2D eigenvalue weighted by Crippen LogP contribution is 2.25. The van der Waals surface area contributed by atoms with Crippen LogP contribution in [-0.4, -0.2) is 25.0 Å². The largest absolute Gasteiger partial charge is 0.465 e. The second-order valence-corrected chi connectivity index (χ2v) is 4.82. The summed E-state index contributed by atoms with van der Waals surface area (Å²) in [7, 11) is 4.16. The Labute approximate surface area is 97.8 Å². The topological polar surface area (TPSA) is 28.4 Å². The predicted octanol–water partition coefficient (Wildman–Crippen LogP) is 2.29. The molecule has 0 saturated heterocycles. The van der Waals surface area contributed by atoms with E-state index >= 15 is 0 Å². The van der Waals surface area contributed by atoms with Gasteiger partial charge < -0.3 is 9.73 Å². The van der Waals surface area contributed by atoms with Crippen LogP contribution in [0.25, 0.3) is 0 Å². The average molecular weight is 222 g/mol.